The van der Waals surface area contributed by atoms with Gasteiger partial charge in [0.05, 0.1) is 6.04 Å². The van der Waals surface area contributed by atoms with Crippen molar-refractivity contribution in [2.24, 2.45) is 0 Å². The summed E-state index contributed by atoms with van der Waals surface area (Å²) in [5.41, 5.74) is -0.00496. The largest absolute Gasteiger partial charge is 0.509 e. The molecule has 144 valence electrons. The fourth-order valence-corrected chi connectivity index (χ4v) is 3.97. The number of halogens is 1. The van der Waals surface area contributed by atoms with E-state index in [-0.39, 0.29) is 25.0 Å². The fraction of sp³-hybridized carbons (Fsp3) is 0.500. The number of amides is 2. The van der Waals surface area contributed by atoms with Crippen molar-refractivity contribution in [3.05, 3.63) is 34.9 Å². The second-order valence-electron chi connectivity index (χ2n) is 6.95. The van der Waals surface area contributed by atoms with Crippen LogP contribution in [-0.4, -0.2) is 60.9 Å². The zero-order chi connectivity index (χ0) is 19.0. The van der Waals surface area contributed by atoms with Crippen LogP contribution in [0.1, 0.15) is 24.4 Å². The summed E-state index contributed by atoms with van der Waals surface area (Å²) in [5, 5.41) is 3.27. The van der Waals surface area contributed by atoms with Crippen LogP contribution >= 0.6 is 11.6 Å². The normalized spacial score (nSPS) is 27.1. The van der Waals surface area contributed by atoms with Gasteiger partial charge in [0.25, 0.3) is 5.91 Å². The Morgan fingerprint density at radius 3 is 2.63 bits per heavy atom. The van der Waals surface area contributed by atoms with Crippen LogP contribution in [0.4, 0.5) is 4.79 Å². The average Bonchev–Trinajstić information content (AvgIpc) is 3.02. The summed E-state index contributed by atoms with van der Waals surface area (Å²) < 4.78 is 15.8. The van der Waals surface area contributed by atoms with E-state index < -0.39 is 23.9 Å². The van der Waals surface area contributed by atoms with Gasteiger partial charge >= 0.3 is 6.16 Å². The van der Waals surface area contributed by atoms with Crippen molar-refractivity contribution in [2.75, 3.05) is 26.3 Å². The van der Waals surface area contributed by atoms with E-state index in [1.807, 2.05) is 0 Å². The molecule has 0 bridgehead atoms. The minimum atomic E-state index is -0.862. The Morgan fingerprint density at radius 2 is 1.96 bits per heavy atom. The van der Waals surface area contributed by atoms with Crippen LogP contribution < -0.4 is 5.32 Å². The Morgan fingerprint density at radius 1 is 1.22 bits per heavy atom. The minimum absolute atomic E-state index is 0.180. The van der Waals surface area contributed by atoms with Crippen LogP contribution in [0, 0.1) is 0 Å². The molecule has 1 aromatic rings. The van der Waals surface area contributed by atoms with Gasteiger partial charge in [-0.2, -0.15) is 0 Å². The molecule has 3 saturated heterocycles. The van der Waals surface area contributed by atoms with Crippen molar-refractivity contribution in [3.8, 4) is 0 Å². The van der Waals surface area contributed by atoms with E-state index >= 15 is 0 Å². The maximum Gasteiger partial charge on any atom is 0.509 e. The lowest BCUT2D eigenvalue weighted by molar-refractivity contribution is -0.157. The van der Waals surface area contributed by atoms with E-state index in [2.05, 4.69) is 5.32 Å². The third-order valence-corrected chi connectivity index (χ3v) is 5.58. The number of piperidine rings is 1. The number of nitrogens with one attached hydrogen (secondary N) is 1. The molecule has 1 aromatic carbocycles. The van der Waals surface area contributed by atoms with Crippen LogP contribution in [0.5, 0.6) is 0 Å². The van der Waals surface area contributed by atoms with E-state index in [4.69, 9.17) is 25.8 Å². The second kappa shape index (κ2) is 7.01. The third-order valence-electron chi connectivity index (χ3n) is 5.24. The molecule has 1 spiro atoms. The number of carbonyl (C=O) groups excluding carboxylic acids is 3. The molecule has 0 aliphatic carbocycles. The molecule has 3 fully saturated rings. The molecule has 2 amide bonds. The van der Waals surface area contributed by atoms with Gasteiger partial charge in [-0.15, -0.1) is 0 Å². The summed E-state index contributed by atoms with van der Waals surface area (Å²) >= 11 is 6.26. The van der Waals surface area contributed by atoms with Crippen molar-refractivity contribution in [2.45, 2.75) is 30.6 Å². The quantitative estimate of drug-likeness (QED) is 0.762. The molecule has 2 atom stereocenters. The average molecular weight is 395 g/mol. The summed E-state index contributed by atoms with van der Waals surface area (Å²) in [7, 11) is 0. The van der Waals surface area contributed by atoms with Crippen molar-refractivity contribution in [1.29, 1.82) is 0 Å². The number of cyclic esters (lactones) is 1. The second-order valence-corrected chi connectivity index (χ2v) is 7.35. The molecule has 3 aliphatic rings. The fourth-order valence-electron chi connectivity index (χ4n) is 3.72. The predicted molar refractivity (Wildman–Crippen MR) is 93.1 cm³/mol. The summed E-state index contributed by atoms with van der Waals surface area (Å²) in [4.78, 5) is 37.8. The van der Waals surface area contributed by atoms with Gasteiger partial charge < -0.3 is 24.4 Å². The molecule has 8 nitrogen and oxygen atoms in total. The zero-order valence-electron chi connectivity index (χ0n) is 14.5. The SMILES string of the molecule is O=C1CO[C@H](C(=O)N2CCC3(CC2)COC(=O)O3)[C@@H](c2ccccc2Cl)N1. The van der Waals surface area contributed by atoms with Crippen LogP contribution in [0.2, 0.25) is 5.02 Å². The van der Waals surface area contributed by atoms with Crippen molar-refractivity contribution < 1.29 is 28.6 Å². The highest BCUT2D eigenvalue weighted by Crippen LogP contribution is 2.34. The smallest absolute Gasteiger partial charge is 0.430 e. The Labute approximate surface area is 160 Å². The van der Waals surface area contributed by atoms with Gasteiger partial charge in [-0.3, -0.25) is 9.59 Å². The first-order valence-electron chi connectivity index (χ1n) is 8.77. The van der Waals surface area contributed by atoms with Gasteiger partial charge in [-0.25, -0.2) is 4.79 Å². The highest BCUT2D eigenvalue weighted by molar-refractivity contribution is 6.31. The molecule has 1 N–H and O–H groups in total. The lowest BCUT2D eigenvalue weighted by atomic mass is 9.91. The molecular weight excluding hydrogens is 376 g/mol. The van der Waals surface area contributed by atoms with Gasteiger partial charge in [0, 0.05) is 31.0 Å². The summed E-state index contributed by atoms with van der Waals surface area (Å²) in [6.45, 7) is 0.865. The van der Waals surface area contributed by atoms with Crippen molar-refractivity contribution in [1.82, 2.24) is 10.2 Å². The molecule has 0 unspecified atom stereocenters. The van der Waals surface area contributed by atoms with Gasteiger partial charge in [-0.05, 0) is 11.6 Å². The molecule has 3 aliphatic heterocycles. The van der Waals surface area contributed by atoms with Crippen molar-refractivity contribution >= 4 is 29.6 Å². The van der Waals surface area contributed by atoms with Crippen LogP contribution in [0.3, 0.4) is 0 Å². The first-order chi connectivity index (χ1) is 13.0. The maximum absolute atomic E-state index is 13.1. The number of likely N-dealkylation sites (tertiary alicyclic amines) is 1. The van der Waals surface area contributed by atoms with Crippen molar-refractivity contribution in [3.63, 3.8) is 0 Å². The Kier molecular flexibility index (Phi) is 4.69. The maximum atomic E-state index is 13.1. The Hall–Kier alpha value is -2.32. The van der Waals surface area contributed by atoms with Gasteiger partial charge in [0.1, 0.15) is 13.2 Å². The predicted octanol–water partition coefficient (Wildman–Crippen LogP) is 1.42. The molecular formula is C18H19ClN2O6. The highest BCUT2D eigenvalue weighted by Gasteiger charge is 2.47. The van der Waals surface area contributed by atoms with Crippen LogP contribution in [0.25, 0.3) is 0 Å². The monoisotopic (exact) mass is 394 g/mol. The summed E-state index contributed by atoms with van der Waals surface area (Å²) in [5.74, 6) is -0.517. The number of benzene rings is 1. The topological polar surface area (TPSA) is 94.2 Å². The summed E-state index contributed by atoms with van der Waals surface area (Å²) in [6.07, 6.45) is -0.522. The number of morpholine rings is 1. The first-order valence-corrected chi connectivity index (χ1v) is 9.15. The van der Waals surface area contributed by atoms with Gasteiger partial charge in [0.2, 0.25) is 5.91 Å². The molecule has 0 radical (unpaired) electrons. The lowest BCUT2D eigenvalue weighted by Gasteiger charge is -2.40. The molecule has 3 heterocycles. The Bertz CT molecular complexity index is 777. The molecule has 27 heavy (non-hydrogen) atoms. The number of rotatable bonds is 2. The van der Waals surface area contributed by atoms with E-state index in [1.165, 1.54) is 0 Å². The summed E-state index contributed by atoms with van der Waals surface area (Å²) in [6, 6.07) is 6.39. The van der Waals surface area contributed by atoms with E-state index in [1.54, 1.807) is 29.2 Å². The lowest BCUT2D eigenvalue weighted by Crippen LogP contribution is -2.56. The van der Waals surface area contributed by atoms with Crippen LogP contribution in [-0.2, 0) is 23.8 Å². The highest BCUT2D eigenvalue weighted by atomic mass is 35.5. The van der Waals surface area contributed by atoms with E-state index in [9.17, 15) is 14.4 Å². The van der Waals surface area contributed by atoms with Gasteiger partial charge in [0.15, 0.2) is 11.7 Å². The third kappa shape index (κ3) is 3.46. The molecule has 4 rings (SSSR count). The number of ether oxygens (including phenoxy) is 3. The molecule has 9 heteroatoms. The van der Waals surface area contributed by atoms with Crippen LogP contribution in [0.15, 0.2) is 24.3 Å². The number of carbonyl (C=O) groups is 3. The van der Waals surface area contributed by atoms with E-state index in [0.29, 0.717) is 36.5 Å². The van der Waals surface area contributed by atoms with Gasteiger partial charge in [-0.1, -0.05) is 29.8 Å². The minimum Gasteiger partial charge on any atom is -0.430 e. The standard InChI is InChI=1S/C18H19ClN2O6/c19-12-4-2-1-3-11(12)14-15(25-9-13(22)20-14)16(23)21-7-5-18(6-8-21)10-26-17(24)27-18/h1-4,14-15H,5-10H2,(H,20,22)/t14-,15+/m1/s1. The number of nitrogens with zero attached hydrogens (tertiary/aromatic N) is 1. The number of hydrogen-bond donors (Lipinski definition) is 1. The first kappa shape index (κ1) is 18.1. The van der Waals surface area contributed by atoms with E-state index in [0.717, 1.165) is 0 Å². The Balaban J connectivity index is 1.49. The number of hydrogen-bond acceptors (Lipinski definition) is 6. The molecule has 0 aromatic heterocycles. The molecule has 0 saturated carbocycles. The zero-order valence-corrected chi connectivity index (χ0v) is 15.2.